The maximum atomic E-state index is 13.5. The van der Waals surface area contributed by atoms with Crippen molar-refractivity contribution in [3.63, 3.8) is 0 Å². The molecule has 0 saturated heterocycles. The molecule has 2 aromatic carbocycles. The maximum absolute atomic E-state index is 13.5. The Labute approximate surface area is 237 Å². The van der Waals surface area contributed by atoms with Gasteiger partial charge in [-0.05, 0) is 40.7 Å². The molecule has 2 aromatic heterocycles. The summed E-state index contributed by atoms with van der Waals surface area (Å²) in [6.45, 7) is 3.52. The Balaban J connectivity index is 1.31. The summed E-state index contributed by atoms with van der Waals surface area (Å²) in [5, 5.41) is 19.5. The van der Waals surface area contributed by atoms with Gasteiger partial charge >= 0.3 is 5.69 Å². The molecule has 5 rings (SSSR count). The van der Waals surface area contributed by atoms with E-state index in [1.54, 1.807) is 4.68 Å². The lowest BCUT2D eigenvalue weighted by atomic mass is 9.87. The number of hydrogen-bond donors (Lipinski definition) is 1. The number of benzene rings is 2. The van der Waals surface area contributed by atoms with Gasteiger partial charge in [0.25, 0.3) is 0 Å². The molecular formula is C32H43N7O. The molecule has 4 aromatic rings. The lowest BCUT2D eigenvalue weighted by Crippen LogP contribution is -2.27. The monoisotopic (exact) mass is 541 g/mol. The van der Waals surface area contributed by atoms with Crippen LogP contribution in [0.3, 0.4) is 0 Å². The van der Waals surface area contributed by atoms with Gasteiger partial charge in [0.2, 0.25) is 5.82 Å². The number of unbranched alkanes of at least 4 members (excludes halogenated alkanes) is 5. The van der Waals surface area contributed by atoms with E-state index in [0.29, 0.717) is 12.4 Å². The fraction of sp³-hybridized carbons (Fsp3) is 0.531. The molecule has 0 aliphatic heterocycles. The molecule has 0 radical (unpaired) electrons. The van der Waals surface area contributed by atoms with Gasteiger partial charge in [-0.25, -0.2) is 9.48 Å². The Hall–Kier alpha value is -3.55. The minimum atomic E-state index is 0.0309. The van der Waals surface area contributed by atoms with Crippen molar-refractivity contribution in [2.45, 2.75) is 103 Å². The summed E-state index contributed by atoms with van der Waals surface area (Å²) in [4.78, 5) is 13.5. The molecule has 1 N–H and O–H groups in total. The van der Waals surface area contributed by atoms with Gasteiger partial charge in [0.15, 0.2) is 0 Å². The van der Waals surface area contributed by atoms with E-state index < -0.39 is 0 Å². The van der Waals surface area contributed by atoms with Crippen LogP contribution in [-0.4, -0.2) is 35.0 Å². The van der Waals surface area contributed by atoms with Crippen LogP contribution in [0.2, 0.25) is 0 Å². The molecule has 0 unspecified atom stereocenters. The Morgan fingerprint density at radius 3 is 2.40 bits per heavy atom. The van der Waals surface area contributed by atoms with E-state index in [1.807, 2.05) is 22.8 Å². The standard InChI is InChI=1S/C32H43N7O/c1-2-3-4-5-6-10-17-30-35-39(23-22-25-13-8-7-9-14-25)32(40)38(30)24-26-18-20-27(21-19-26)28-15-11-12-16-29(28)31-33-36-37-34-31/h11-12,15-16,18-21,25H,2-10,13-14,17,22-24H2,1H3,(H,33,34,36,37). The average Bonchev–Trinajstić information content (AvgIpc) is 3.64. The molecule has 2 heterocycles. The predicted molar refractivity (Wildman–Crippen MR) is 159 cm³/mol. The van der Waals surface area contributed by atoms with E-state index in [0.717, 1.165) is 59.8 Å². The van der Waals surface area contributed by atoms with Gasteiger partial charge < -0.3 is 0 Å². The van der Waals surface area contributed by atoms with Gasteiger partial charge in [-0.3, -0.25) is 4.57 Å². The molecule has 1 aliphatic carbocycles. The fourth-order valence-electron chi connectivity index (χ4n) is 6.00. The maximum Gasteiger partial charge on any atom is 0.346 e. The quantitative estimate of drug-likeness (QED) is 0.177. The third kappa shape index (κ3) is 7.14. The van der Waals surface area contributed by atoms with E-state index in [9.17, 15) is 4.79 Å². The fourth-order valence-corrected chi connectivity index (χ4v) is 6.00. The number of nitrogens with one attached hydrogen (secondary N) is 1. The molecule has 40 heavy (non-hydrogen) atoms. The molecule has 0 amide bonds. The summed E-state index contributed by atoms with van der Waals surface area (Å²) in [6, 6.07) is 16.5. The zero-order valence-corrected chi connectivity index (χ0v) is 23.9. The number of aryl methyl sites for hydroxylation is 2. The summed E-state index contributed by atoms with van der Waals surface area (Å²) in [5.41, 5.74) is 4.18. The van der Waals surface area contributed by atoms with Crippen molar-refractivity contribution in [3.05, 3.63) is 70.4 Å². The Kier molecular flexibility index (Phi) is 9.93. The van der Waals surface area contributed by atoms with Crippen LogP contribution in [0.4, 0.5) is 0 Å². The zero-order valence-electron chi connectivity index (χ0n) is 23.9. The van der Waals surface area contributed by atoms with E-state index in [-0.39, 0.29) is 5.69 Å². The molecule has 8 nitrogen and oxygen atoms in total. The zero-order chi connectivity index (χ0) is 27.6. The Morgan fingerprint density at radius 2 is 1.65 bits per heavy atom. The number of H-pyrrole nitrogens is 1. The summed E-state index contributed by atoms with van der Waals surface area (Å²) in [5.74, 6) is 2.23. The van der Waals surface area contributed by atoms with Crippen molar-refractivity contribution in [3.8, 4) is 22.5 Å². The lowest BCUT2D eigenvalue weighted by Gasteiger charge is -2.20. The molecule has 1 fully saturated rings. The normalized spacial score (nSPS) is 14.1. The minimum Gasteiger partial charge on any atom is -0.274 e. The molecule has 0 bridgehead atoms. The average molecular weight is 542 g/mol. The number of aromatic nitrogens is 7. The highest BCUT2D eigenvalue weighted by Gasteiger charge is 2.18. The van der Waals surface area contributed by atoms with E-state index >= 15 is 0 Å². The van der Waals surface area contributed by atoms with Gasteiger partial charge in [0, 0.05) is 18.5 Å². The summed E-state index contributed by atoms with van der Waals surface area (Å²) < 4.78 is 3.66. The number of aromatic amines is 1. The van der Waals surface area contributed by atoms with Crippen molar-refractivity contribution in [2.75, 3.05) is 0 Å². The van der Waals surface area contributed by atoms with Gasteiger partial charge in [-0.2, -0.15) is 10.3 Å². The first-order valence-electron chi connectivity index (χ1n) is 15.3. The van der Waals surface area contributed by atoms with E-state index in [2.05, 4.69) is 57.9 Å². The summed E-state index contributed by atoms with van der Waals surface area (Å²) >= 11 is 0. The van der Waals surface area contributed by atoms with Gasteiger partial charge in [0.05, 0.1) is 6.54 Å². The minimum absolute atomic E-state index is 0.0309. The van der Waals surface area contributed by atoms with Crippen molar-refractivity contribution in [1.82, 2.24) is 35.0 Å². The number of rotatable bonds is 14. The van der Waals surface area contributed by atoms with Crippen molar-refractivity contribution >= 4 is 0 Å². The van der Waals surface area contributed by atoms with Crippen LogP contribution in [0.15, 0.2) is 53.3 Å². The first kappa shape index (κ1) is 28.0. The van der Waals surface area contributed by atoms with Gasteiger partial charge in [-0.1, -0.05) is 120 Å². The number of hydrogen-bond acceptors (Lipinski definition) is 5. The van der Waals surface area contributed by atoms with Crippen LogP contribution in [0.1, 0.15) is 95.4 Å². The summed E-state index contributed by atoms with van der Waals surface area (Å²) in [7, 11) is 0. The molecule has 212 valence electrons. The summed E-state index contributed by atoms with van der Waals surface area (Å²) in [6.07, 6.45) is 15.9. The van der Waals surface area contributed by atoms with Crippen LogP contribution in [-0.2, 0) is 19.5 Å². The van der Waals surface area contributed by atoms with Crippen molar-refractivity contribution < 1.29 is 0 Å². The van der Waals surface area contributed by atoms with Crippen LogP contribution in [0.25, 0.3) is 22.5 Å². The highest BCUT2D eigenvalue weighted by atomic mass is 16.2. The van der Waals surface area contributed by atoms with Crippen LogP contribution < -0.4 is 5.69 Å². The Bertz CT molecular complexity index is 1370. The largest absolute Gasteiger partial charge is 0.346 e. The number of nitrogens with zero attached hydrogens (tertiary/aromatic N) is 6. The predicted octanol–water partition coefficient (Wildman–Crippen LogP) is 6.81. The molecule has 8 heteroatoms. The highest BCUT2D eigenvalue weighted by molar-refractivity contribution is 5.80. The van der Waals surface area contributed by atoms with Crippen LogP contribution in [0, 0.1) is 5.92 Å². The second kappa shape index (κ2) is 14.2. The van der Waals surface area contributed by atoms with E-state index in [1.165, 1.54) is 64.2 Å². The SMILES string of the molecule is CCCCCCCCc1nn(CCC2CCCCC2)c(=O)n1Cc1ccc(-c2ccccc2-c2nn[nH]n2)cc1. The first-order chi connectivity index (χ1) is 19.7. The topological polar surface area (TPSA) is 94.3 Å². The second-order valence-corrected chi connectivity index (χ2v) is 11.3. The van der Waals surface area contributed by atoms with Gasteiger partial charge in [-0.15, -0.1) is 10.2 Å². The van der Waals surface area contributed by atoms with Crippen LogP contribution >= 0.6 is 0 Å². The molecule has 0 atom stereocenters. The third-order valence-electron chi connectivity index (χ3n) is 8.35. The van der Waals surface area contributed by atoms with Crippen molar-refractivity contribution in [1.29, 1.82) is 0 Å². The number of tetrazole rings is 1. The Morgan fingerprint density at radius 1 is 0.900 bits per heavy atom. The molecule has 0 spiro atoms. The molecule has 1 aliphatic rings. The second-order valence-electron chi connectivity index (χ2n) is 11.3. The van der Waals surface area contributed by atoms with Gasteiger partial charge in [0.1, 0.15) is 5.82 Å². The molecule has 1 saturated carbocycles. The van der Waals surface area contributed by atoms with Crippen molar-refractivity contribution in [2.24, 2.45) is 5.92 Å². The first-order valence-corrected chi connectivity index (χ1v) is 15.3. The van der Waals surface area contributed by atoms with E-state index in [4.69, 9.17) is 5.10 Å². The third-order valence-corrected chi connectivity index (χ3v) is 8.35. The molecular weight excluding hydrogens is 498 g/mol. The van der Waals surface area contributed by atoms with Crippen LogP contribution in [0.5, 0.6) is 0 Å². The highest BCUT2D eigenvalue weighted by Crippen LogP contribution is 2.30. The lowest BCUT2D eigenvalue weighted by molar-refractivity contribution is 0.316. The smallest absolute Gasteiger partial charge is 0.274 e.